The standard InChI is InChI=1S/C19H23N3O2S/c1-13-4-6-15(7-5-13)20-18-21-16(11-25-18)10-22-9-14-3-2-8-19(14,12-22)17(23)24/h4-7,11,14H,2-3,8-10,12H2,1H3,(H,20,21)(H,23,24)/t14-,19+/m0/s1. The number of carboxylic acids is 1. The number of aliphatic carboxylic acids is 1. The van der Waals surface area contributed by atoms with Crippen molar-refractivity contribution in [1.29, 1.82) is 0 Å². The predicted molar refractivity (Wildman–Crippen MR) is 99.3 cm³/mol. The Bertz CT molecular complexity index is 773. The van der Waals surface area contributed by atoms with Crippen molar-refractivity contribution >= 4 is 28.1 Å². The molecule has 0 amide bonds. The van der Waals surface area contributed by atoms with E-state index in [2.05, 4.69) is 51.8 Å². The summed E-state index contributed by atoms with van der Waals surface area (Å²) in [4.78, 5) is 18.7. The van der Waals surface area contributed by atoms with Crippen LogP contribution in [0.4, 0.5) is 10.8 Å². The van der Waals surface area contributed by atoms with Crippen molar-refractivity contribution in [3.05, 3.63) is 40.9 Å². The Morgan fingerprint density at radius 3 is 2.96 bits per heavy atom. The molecule has 25 heavy (non-hydrogen) atoms. The van der Waals surface area contributed by atoms with Gasteiger partial charge in [-0.25, -0.2) is 4.98 Å². The topological polar surface area (TPSA) is 65.5 Å². The second kappa shape index (κ2) is 6.42. The molecule has 0 bridgehead atoms. The molecule has 2 heterocycles. The highest BCUT2D eigenvalue weighted by atomic mass is 32.1. The number of likely N-dealkylation sites (tertiary alicyclic amines) is 1. The number of carboxylic acid groups (broad SMARTS) is 1. The van der Waals surface area contributed by atoms with E-state index in [0.29, 0.717) is 12.5 Å². The number of anilines is 2. The molecule has 2 N–H and O–H groups in total. The Balaban J connectivity index is 1.40. The second-order valence-corrected chi connectivity index (χ2v) is 8.21. The van der Waals surface area contributed by atoms with E-state index in [4.69, 9.17) is 0 Å². The fourth-order valence-corrected chi connectivity index (χ4v) is 5.01. The van der Waals surface area contributed by atoms with Gasteiger partial charge in [0, 0.05) is 30.7 Å². The maximum absolute atomic E-state index is 11.8. The van der Waals surface area contributed by atoms with Gasteiger partial charge in [-0.3, -0.25) is 9.69 Å². The summed E-state index contributed by atoms with van der Waals surface area (Å²) >= 11 is 1.59. The Morgan fingerprint density at radius 1 is 1.44 bits per heavy atom. The number of aryl methyl sites for hydroxylation is 1. The van der Waals surface area contributed by atoms with Crippen molar-refractivity contribution in [2.75, 3.05) is 18.4 Å². The van der Waals surface area contributed by atoms with Crippen molar-refractivity contribution < 1.29 is 9.90 Å². The van der Waals surface area contributed by atoms with E-state index in [0.717, 1.165) is 48.9 Å². The van der Waals surface area contributed by atoms with Gasteiger partial charge in [0.05, 0.1) is 11.1 Å². The number of rotatable bonds is 5. The highest BCUT2D eigenvalue weighted by Gasteiger charge is 2.54. The summed E-state index contributed by atoms with van der Waals surface area (Å²) in [7, 11) is 0. The largest absolute Gasteiger partial charge is 0.481 e. The first kappa shape index (κ1) is 16.5. The SMILES string of the molecule is Cc1ccc(Nc2nc(CN3C[C@@H]4CCC[C@@]4(C(=O)O)C3)cs2)cc1. The molecule has 1 saturated carbocycles. The summed E-state index contributed by atoms with van der Waals surface area (Å²) < 4.78 is 0. The highest BCUT2D eigenvalue weighted by Crippen LogP contribution is 2.49. The van der Waals surface area contributed by atoms with Crippen LogP contribution in [0.2, 0.25) is 0 Å². The molecule has 0 unspecified atom stereocenters. The monoisotopic (exact) mass is 357 g/mol. The van der Waals surface area contributed by atoms with Crippen LogP contribution in [0.5, 0.6) is 0 Å². The second-order valence-electron chi connectivity index (χ2n) is 7.36. The van der Waals surface area contributed by atoms with Gasteiger partial charge >= 0.3 is 5.97 Å². The van der Waals surface area contributed by atoms with Crippen LogP contribution in [0.1, 0.15) is 30.5 Å². The minimum absolute atomic E-state index is 0.300. The lowest BCUT2D eigenvalue weighted by molar-refractivity contribution is -0.149. The van der Waals surface area contributed by atoms with E-state index in [1.54, 1.807) is 11.3 Å². The van der Waals surface area contributed by atoms with Gasteiger partial charge < -0.3 is 10.4 Å². The van der Waals surface area contributed by atoms with Gasteiger partial charge in [-0.1, -0.05) is 24.1 Å². The zero-order valence-electron chi connectivity index (χ0n) is 14.4. The average Bonchev–Trinajstić information content (AvgIpc) is 3.25. The van der Waals surface area contributed by atoms with Gasteiger partial charge in [-0.15, -0.1) is 11.3 Å². The number of hydrogen-bond donors (Lipinski definition) is 2. The number of carbonyl (C=O) groups is 1. The van der Waals surface area contributed by atoms with Gasteiger partial charge in [-0.05, 0) is 37.8 Å². The third kappa shape index (κ3) is 3.16. The van der Waals surface area contributed by atoms with E-state index >= 15 is 0 Å². The van der Waals surface area contributed by atoms with Crippen LogP contribution in [-0.4, -0.2) is 34.0 Å². The number of fused-ring (bicyclic) bond motifs is 1. The minimum Gasteiger partial charge on any atom is -0.481 e. The van der Waals surface area contributed by atoms with Gasteiger partial charge in [-0.2, -0.15) is 0 Å². The summed E-state index contributed by atoms with van der Waals surface area (Å²) in [6, 6.07) is 8.25. The molecule has 2 fully saturated rings. The summed E-state index contributed by atoms with van der Waals surface area (Å²) in [6.45, 7) is 4.34. The smallest absolute Gasteiger partial charge is 0.311 e. The average molecular weight is 357 g/mol. The highest BCUT2D eigenvalue weighted by molar-refractivity contribution is 7.13. The fraction of sp³-hybridized carbons (Fsp3) is 0.474. The van der Waals surface area contributed by atoms with Crippen LogP contribution in [0.15, 0.2) is 29.6 Å². The van der Waals surface area contributed by atoms with Crippen molar-refractivity contribution in [2.45, 2.75) is 32.7 Å². The summed E-state index contributed by atoms with van der Waals surface area (Å²) in [5, 5.41) is 16.0. The van der Waals surface area contributed by atoms with Crippen LogP contribution in [0.25, 0.3) is 0 Å². The molecule has 132 valence electrons. The van der Waals surface area contributed by atoms with Gasteiger partial charge in [0.15, 0.2) is 5.13 Å². The molecule has 2 aromatic rings. The van der Waals surface area contributed by atoms with Crippen molar-refractivity contribution in [1.82, 2.24) is 9.88 Å². The van der Waals surface area contributed by atoms with Crippen LogP contribution in [0, 0.1) is 18.3 Å². The third-order valence-electron chi connectivity index (χ3n) is 5.61. The molecule has 2 atom stereocenters. The van der Waals surface area contributed by atoms with Crippen LogP contribution >= 0.6 is 11.3 Å². The lowest BCUT2D eigenvalue weighted by Crippen LogP contribution is -2.35. The van der Waals surface area contributed by atoms with Gasteiger partial charge in [0.2, 0.25) is 0 Å². The number of benzene rings is 1. The fourth-order valence-electron chi connectivity index (χ4n) is 4.29. The van der Waals surface area contributed by atoms with Crippen LogP contribution in [0.3, 0.4) is 0 Å². The van der Waals surface area contributed by atoms with Crippen LogP contribution in [-0.2, 0) is 11.3 Å². The van der Waals surface area contributed by atoms with Gasteiger partial charge in [0.25, 0.3) is 0 Å². The Kier molecular flexibility index (Phi) is 4.25. The molecule has 1 aromatic carbocycles. The molecular weight excluding hydrogens is 334 g/mol. The molecule has 0 spiro atoms. The van der Waals surface area contributed by atoms with E-state index in [9.17, 15) is 9.90 Å². The number of aromatic nitrogens is 1. The zero-order valence-corrected chi connectivity index (χ0v) is 15.2. The van der Waals surface area contributed by atoms with E-state index < -0.39 is 11.4 Å². The molecule has 1 aliphatic heterocycles. The van der Waals surface area contributed by atoms with Gasteiger partial charge in [0.1, 0.15) is 0 Å². The maximum Gasteiger partial charge on any atom is 0.311 e. The first-order valence-corrected chi connectivity index (χ1v) is 9.67. The molecule has 5 nitrogen and oxygen atoms in total. The van der Waals surface area contributed by atoms with E-state index in [1.165, 1.54) is 5.56 Å². The van der Waals surface area contributed by atoms with Crippen molar-refractivity contribution in [2.24, 2.45) is 11.3 Å². The zero-order chi connectivity index (χ0) is 17.4. The lowest BCUT2D eigenvalue weighted by Gasteiger charge is -2.23. The van der Waals surface area contributed by atoms with Crippen LogP contribution < -0.4 is 5.32 Å². The van der Waals surface area contributed by atoms with Crippen molar-refractivity contribution in [3.8, 4) is 0 Å². The first-order valence-electron chi connectivity index (χ1n) is 8.79. The minimum atomic E-state index is -0.613. The number of nitrogens with zero attached hydrogens (tertiary/aromatic N) is 2. The molecule has 0 radical (unpaired) electrons. The molecule has 1 saturated heterocycles. The first-order chi connectivity index (χ1) is 12.0. The quantitative estimate of drug-likeness (QED) is 0.850. The predicted octanol–water partition coefficient (Wildman–Crippen LogP) is 3.88. The molecule has 1 aromatic heterocycles. The van der Waals surface area contributed by atoms with Crippen molar-refractivity contribution in [3.63, 3.8) is 0 Å². The number of nitrogens with one attached hydrogen (secondary N) is 1. The Hall–Kier alpha value is -1.92. The number of hydrogen-bond acceptors (Lipinski definition) is 5. The summed E-state index contributed by atoms with van der Waals surface area (Å²) in [5.41, 5.74) is 2.77. The molecular formula is C19H23N3O2S. The molecule has 4 rings (SSSR count). The normalized spacial score (nSPS) is 25.9. The van der Waals surface area contributed by atoms with E-state index in [-0.39, 0.29) is 0 Å². The maximum atomic E-state index is 11.8. The summed E-state index contributed by atoms with van der Waals surface area (Å²) in [5.74, 6) is -0.314. The molecule has 6 heteroatoms. The third-order valence-corrected chi connectivity index (χ3v) is 6.41. The summed E-state index contributed by atoms with van der Waals surface area (Å²) in [6.07, 6.45) is 2.91. The Morgan fingerprint density at radius 2 is 2.24 bits per heavy atom. The number of thiazole rings is 1. The Labute approximate surface area is 151 Å². The molecule has 1 aliphatic carbocycles. The van der Waals surface area contributed by atoms with E-state index in [1.807, 2.05) is 0 Å². The molecule has 2 aliphatic rings. The lowest BCUT2D eigenvalue weighted by atomic mass is 9.81.